The summed E-state index contributed by atoms with van der Waals surface area (Å²) in [6, 6.07) is 5.94. The Kier molecular flexibility index (Phi) is 7.89. The molecule has 1 aromatic carbocycles. The number of likely N-dealkylation sites (N-methyl/N-ethyl adjacent to an activating group) is 1. The van der Waals surface area contributed by atoms with Crippen LogP contribution in [0.15, 0.2) is 29.2 Å². The zero-order chi connectivity index (χ0) is 23.3. The molecule has 2 saturated heterocycles. The summed E-state index contributed by atoms with van der Waals surface area (Å²) >= 11 is 0. The van der Waals surface area contributed by atoms with Gasteiger partial charge < -0.3 is 14.5 Å². The van der Waals surface area contributed by atoms with Crippen molar-refractivity contribution in [2.75, 3.05) is 46.4 Å². The lowest BCUT2D eigenvalue weighted by Crippen LogP contribution is -2.47. The summed E-state index contributed by atoms with van der Waals surface area (Å²) in [6.45, 7) is 3.67. The molecule has 2 fully saturated rings. The normalized spacial score (nSPS) is 19.6. The molecule has 1 unspecified atom stereocenters. The van der Waals surface area contributed by atoms with Gasteiger partial charge in [0.15, 0.2) is 0 Å². The molecular weight excluding hydrogens is 434 g/mol. The highest BCUT2D eigenvalue weighted by Crippen LogP contribution is 2.22. The van der Waals surface area contributed by atoms with Crippen LogP contribution in [0.3, 0.4) is 0 Å². The van der Waals surface area contributed by atoms with Crippen LogP contribution in [0.25, 0.3) is 0 Å². The van der Waals surface area contributed by atoms with Crippen molar-refractivity contribution in [2.45, 2.75) is 37.5 Å². The highest BCUT2D eigenvalue weighted by atomic mass is 32.2. The summed E-state index contributed by atoms with van der Waals surface area (Å²) in [5.41, 5.74) is 0.212. The number of sulfonamides is 1. The fourth-order valence-electron chi connectivity index (χ4n) is 4.12. The van der Waals surface area contributed by atoms with Crippen LogP contribution >= 0.6 is 0 Å². The number of carbonyl (C=O) groups excluding carboxylic acids is 3. The number of nitrogens with zero attached hydrogens (tertiary/aromatic N) is 3. The van der Waals surface area contributed by atoms with Gasteiger partial charge in [0, 0.05) is 38.8 Å². The smallest absolute Gasteiger partial charge is 0.310 e. The van der Waals surface area contributed by atoms with E-state index in [-0.39, 0.29) is 41.3 Å². The molecule has 3 rings (SSSR count). The Morgan fingerprint density at radius 3 is 2.53 bits per heavy atom. The molecular formula is C22H31N3O6S. The minimum atomic E-state index is -3.64. The predicted molar refractivity (Wildman–Crippen MR) is 117 cm³/mol. The van der Waals surface area contributed by atoms with E-state index in [1.807, 2.05) is 0 Å². The zero-order valence-electron chi connectivity index (χ0n) is 18.7. The lowest BCUT2D eigenvalue weighted by atomic mass is 9.98. The van der Waals surface area contributed by atoms with E-state index in [0.717, 1.165) is 12.8 Å². The molecule has 0 bridgehead atoms. The lowest BCUT2D eigenvalue weighted by molar-refractivity contribution is -0.151. The van der Waals surface area contributed by atoms with Crippen molar-refractivity contribution in [1.82, 2.24) is 14.1 Å². The largest absolute Gasteiger partial charge is 0.466 e. The monoisotopic (exact) mass is 465 g/mol. The molecule has 1 atom stereocenters. The molecule has 32 heavy (non-hydrogen) atoms. The number of hydrogen-bond donors (Lipinski definition) is 0. The maximum absolute atomic E-state index is 12.9. The second-order valence-electron chi connectivity index (χ2n) is 8.23. The number of benzene rings is 1. The van der Waals surface area contributed by atoms with Crippen molar-refractivity contribution in [3.05, 3.63) is 29.8 Å². The Labute approximate surface area is 189 Å². The van der Waals surface area contributed by atoms with Crippen molar-refractivity contribution in [1.29, 1.82) is 0 Å². The number of hydrogen-bond acceptors (Lipinski definition) is 6. The van der Waals surface area contributed by atoms with E-state index in [4.69, 9.17) is 4.74 Å². The first-order valence-electron chi connectivity index (χ1n) is 11.0. The average molecular weight is 466 g/mol. The molecule has 0 aliphatic carbocycles. The molecule has 0 spiro atoms. The third-order valence-electron chi connectivity index (χ3n) is 5.90. The molecule has 9 nitrogen and oxygen atoms in total. The van der Waals surface area contributed by atoms with E-state index in [9.17, 15) is 22.8 Å². The number of amides is 2. The van der Waals surface area contributed by atoms with Crippen LogP contribution in [0, 0.1) is 5.92 Å². The van der Waals surface area contributed by atoms with Crippen molar-refractivity contribution < 1.29 is 27.5 Å². The average Bonchev–Trinajstić information content (AvgIpc) is 3.35. The fraction of sp³-hybridized carbons (Fsp3) is 0.591. The molecule has 0 aromatic heterocycles. The zero-order valence-corrected chi connectivity index (χ0v) is 19.5. The van der Waals surface area contributed by atoms with Crippen molar-refractivity contribution in [2.24, 2.45) is 5.92 Å². The highest BCUT2D eigenvalue weighted by molar-refractivity contribution is 7.89. The molecule has 0 saturated carbocycles. The van der Waals surface area contributed by atoms with E-state index in [1.165, 1.54) is 28.4 Å². The predicted octanol–water partition coefficient (Wildman–Crippen LogP) is 1.34. The molecule has 1 aromatic rings. The number of likely N-dealkylation sites (tertiary alicyclic amines) is 1. The van der Waals surface area contributed by atoms with Gasteiger partial charge >= 0.3 is 5.97 Å². The Bertz CT molecular complexity index is 958. The van der Waals surface area contributed by atoms with Gasteiger partial charge in [0.25, 0.3) is 5.91 Å². The van der Waals surface area contributed by atoms with E-state index < -0.39 is 15.9 Å². The quantitative estimate of drug-likeness (QED) is 0.563. The Hall–Kier alpha value is -2.46. The van der Waals surface area contributed by atoms with Crippen LogP contribution in [-0.2, 0) is 24.3 Å². The second kappa shape index (κ2) is 10.4. The molecule has 2 amide bonds. The summed E-state index contributed by atoms with van der Waals surface area (Å²) in [6.07, 6.45) is 3.03. The fourth-order valence-corrected chi connectivity index (χ4v) is 5.68. The minimum absolute atomic E-state index is 0.0817. The van der Waals surface area contributed by atoms with Gasteiger partial charge in [-0.1, -0.05) is 6.07 Å². The van der Waals surface area contributed by atoms with Crippen LogP contribution in [0.4, 0.5) is 0 Å². The van der Waals surface area contributed by atoms with Crippen molar-refractivity contribution >= 4 is 27.8 Å². The summed E-state index contributed by atoms with van der Waals surface area (Å²) < 4.78 is 32.1. The van der Waals surface area contributed by atoms with Gasteiger partial charge in [-0.15, -0.1) is 0 Å². The van der Waals surface area contributed by atoms with Crippen LogP contribution in [0.1, 0.15) is 43.0 Å². The van der Waals surface area contributed by atoms with E-state index >= 15 is 0 Å². The third kappa shape index (κ3) is 5.47. The van der Waals surface area contributed by atoms with E-state index in [1.54, 1.807) is 24.0 Å². The van der Waals surface area contributed by atoms with Gasteiger partial charge in [-0.25, -0.2) is 8.42 Å². The van der Waals surface area contributed by atoms with Gasteiger partial charge in [0.05, 0.1) is 24.0 Å². The van der Waals surface area contributed by atoms with Gasteiger partial charge in [-0.3, -0.25) is 14.4 Å². The SMILES string of the molecule is CCOC(=O)C1CCCN(C(=O)CN(C)C(=O)c2cccc(S(=O)(=O)N3CCCC3)c2)C1. The summed E-state index contributed by atoms with van der Waals surface area (Å²) in [5, 5.41) is 0. The molecule has 2 heterocycles. The lowest BCUT2D eigenvalue weighted by Gasteiger charge is -2.32. The van der Waals surface area contributed by atoms with Crippen molar-refractivity contribution in [3.8, 4) is 0 Å². The Morgan fingerprint density at radius 1 is 1.12 bits per heavy atom. The number of ether oxygens (including phenoxy) is 1. The third-order valence-corrected chi connectivity index (χ3v) is 7.79. The molecule has 0 N–H and O–H groups in total. The number of carbonyl (C=O) groups is 3. The number of rotatable bonds is 7. The minimum Gasteiger partial charge on any atom is -0.466 e. The van der Waals surface area contributed by atoms with Crippen LogP contribution in [-0.4, -0.2) is 86.7 Å². The molecule has 176 valence electrons. The molecule has 2 aliphatic rings. The first kappa shape index (κ1) is 24.2. The summed E-state index contributed by atoms with van der Waals surface area (Å²) in [4.78, 5) is 40.6. The summed E-state index contributed by atoms with van der Waals surface area (Å²) in [5.74, 6) is -1.34. The van der Waals surface area contributed by atoms with E-state index in [2.05, 4.69) is 0 Å². The van der Waals surface area contributed by atoms with Crippen LogP contribution < -0.4 is 0 Å². The standard InChI is InChI=1S/C22H31N3O6S/c1-3-31-22(28)18-9-7-11-24(15-18)20(26)16-23(2)21(27)17-8-6-10-19(14-17)32(29,30)25-12-4-5-13-25/h6,8,10,14,18H,3-5,7,9,11-13,15-16H2,1-2H3. The highest BCUT2D eigenvalue weighted by Gasteiger charge is 2.31. The number of esters is 1. The van der Waals surface area contributed by atoms with Gasteiger partial charge in [-0.2, -0.15) is 4.31 Å². The van der Waals surface area contributed by atoms with Crippen LogP contribution in [0.2, 0.25) is 0 Å². The first-order chi connectivity index (χ1) is 15.2. The van der Waals surface area contributed by atoms with Gasteiger partial charge in [0.1, 0.15) is 0 Å². The topological polar surface area (TPSA) is 104 Å². The second-order valence-corrected chi connectivity index (χ2v) is 10.2. The van der Waals surface area contributed by atoms with Crippen molar-refractivity contribution in [3.63, 3.8) is 0 Å². The molecule has 10 heteroatoms. The van der Waals surface area contributed by atoms with Crippen LogP contribution in [0.5, 0.6) is 0 Å². The number of piperidine rings is 1. The Balaban J connectivity index is 1.64. The molecule has 0 radical (unpaired) electrons. The van der Waals surface area contributed by atoms with Gasteiger partial charge in [0.2, 0.25) is 15.9 Å². The maximum Gasteiger partial charge on any atom is 0.310 e. The maximum atomic E-state index is 12.9. The van der Waals surface area contributed by atoms with E-state index in [0.29, 0.717) is 39.1 Å². The Morgan fingerprint density at radius 2 is 1.84 bits per heavy atom. The molecule has 2 aliphatic heterocycles. The van der Waals surface area contributed by atoms with Gasteiger partial charge in [-0.05, 0) is 50.8 Å². The first-order valence-corrected chi connectivity index (χ1v) is 12.5. The summed E-state index contributed by atoms with van der Waals surface area (Å²) in [7, 11) is -2.13.